The Labute approximate surface area is 145 Å². The maximum Gasteiger partial charge on any atom is 0.0945 e. The van der Waals surface area contributed by atoms with Gasteiger partial charge in [-0.3, -0.25) is 0 Å². The molecule has 4 fully saturated rings. The molecule has 2 saturated carbocycles. The summed E-state index contributed by atoms with van der Waals surface area (Å²) in [5.41, 5.74) is -0.593. The number of ether oxygens (including phenoxy) is 2. The van der Waals surface area contributed by atoms with Crippen LogP contribution in [0.15, 0.2) is 0 Å². The van der Waals surface area contributed by atoms with Gasteiger partial charge in [-0.15, -0.1) is 0 Å². The smallest absolute Gasteiger partial charge is 0.0945 e. The summed E-state index contributed by atoms with van der Waals surface area (Å²) in [7, 11) is 0. The maximum atomic E-state index is 10.7. The van der Waals surface area contributed by atoms with E-state index in [0.29, 0.717) is 11.8 Å². The summed E-state index contributed by atoms with van der Waals surface area (Å²) in [5, 5.41) is 20.8. The lowest BCUT2D eigenvalue weighted by molar-refractivity contribution is -0.266. The third kappa shape index (κ3) is 2.00. The molecule has 2 N–H and O–H groups in total. The van der Waals surface area contributed by atoms with Gasteiger partial charge in [0.05, 0.1) is 30.5 Å². The van der Waals surface area contributed by atoms with Gasteiger partial charge in [-0.25, -0.2) is 0 Å². The van der Waals surface area contributed by atoms with Crippen LogP contribution in [0.4, 0.5) is 0 Å². The van der Waals surface area contributed by atoms with E-state index in [0.717, 1.165) is 58.2 Å². The lowest BCUT2D eigenvalue weighted by atomic mass is 9.43. The second-order valence-corrected chi connectivity index (χ2v) is 9.64. The first-order valence-corrected chi connectivity index (χ1v) is 9.89. The number of fused-ring (bicyclic) bond motifs is 2. The minimum atomic E-state index is -0.411. The van der Waals surface area contributed by atoms with E-state index in [-0.39, 0.29) is 23.2 Å². The molecule has 24 heavy (non-hydrogen) atoms. The Hall–Kier alpha value is -0.160. The molecule has 0 radical (unpaired) electrons. The van der Waals surface area contributed by atoms with Gasteiger partial charge in [0.25, 0.3) is 0 Å². The molecule has 7 atom stereocenters. The van der Waals surface area contributed by atoms with E-state index in [9.17, 15) is 10.2 Å². The van der Waals surface area contributed by atoms with E-state index in [1.165, 1.54) is 0 Å². The van der Waals surface area contributed by atoms with Crippen LogP contribution in [0, 0.1) is 22.7 Å². The summed E-state index contributed by atoms with van der Waals surface area (Å²) in [4.78, 5) is 0. The second-order valence-electron chi connectivity index (χ2n) is 9.64. The standard InChI is InChI=1S/C20H34O4/c1-14-4-5-15-17(2,12-21)16(22)6-7-18(15,3)20(14)9-8-19(24-20)10-11-23-13-19/h14-16,21-22H,4-13H2,1-3H3/t14-,15?,16+,17+,18+,19+,20-/m1/s1. The van der Waals surface area contributed by atoms with Gasteiger partial charge in [-0.2, -0.15) is 0 Å². The zero-order valence-electron chi connectivity index (χ0n) is 15.5. The molecule has 4 rings (SSSR count). The molecule has 2 aliphatic carbocycles. The van der Waals surface area contributed by atoms with Crippen molar-refractivity contribution < 1.29 is 19.7 Å². The van der Waals surface area contributed by atoms with Crippen molar-refractivity contribution in [2.45, 2.75) is 83.0 Å². The predicted molar refractivity (Wildman–Crippen MR) is 91.6 cm³/mol. The van der Waals surface area contributed by atoms with Crippen molar-refractivity contribution >= 4 is 0 Å². The molecule has 4 nitrogen and oxygen atoms in total. The van der Waals surface area contributed by atoms with Crippen molar-refractivity contribution in [3.63, 3.8) is 0 Å². The fourth-order valence-electron chi connectivity index (χ4n) is 7.00. The van der Waals surface area contributed by atoms with Gasteiger partial charge >= 0.3 is 0 Å². The zero-order valence-corrected chi connectivity index (χ0v) is 15.5. The van der Waals surface area contributed by atoms with Crippen LogP contribution < -0.4 is 0 Å². The first-order valence-electron chi connectivity index (χ1n) is 9.89. The fourth-order valence-corrected chi connectivity index (χ4v) is 7.00. The summed E-state index contributed by atoms with van der Waals surface area (Å²) >= 11 is 0. The Kier molecular flexibility index (Phi) is 3.90. The van der Waals surface area contributed by atoms with E-state index in [1.54, 1.807) is 0 Å². The summed E-state index contributed by atoms with van der Waals surface area (Å²) in [5.74, 6) is 0.837. The molecule has 138 valence electrons. The van der Waals surface area contributed by atoms with Gasteiger partial charge in [0, 0.05) is 23.9 Å². The highest BCUT2D eigenvalue weighted by atomic mass is 16.6. The highest BCUT2D eigenvalue weighted by Gasteiger charge is 2.69. The van der Waals surface area contributed by atoms with Crippen molar-refractivity contribution in [3.8, 4) is 0 Å². The van der Waals surface area contributed by atoms with Crippen LogP contribution in [0.1, 0.15) is 65.7 Å². The van der Waals surface area contributed by atoms with Crippen LogP contribution in [0.25, 0.3) is 0 Å². The Balaban J connectivity index is 1.74. The first-order chi connectivity index (χ1) is 11.3. The molecule has 1 unspecified atom stereocenters. The van der Waals surface area contributed by atoms with Crippen molar-refractivity contribution in [1.82, 2.24) is 0 Å². The molecule has 4 aliphatic rings. The molecular weight excluding hydrogens is 304 g/mol. The Morgan fingerprint density at radius 2 is 1.83 bits per heavy atom. The topological polar surface area (TPSA) is 58.9 Å². The summed E-state index contributed by atoms with van der Waals surface area (Å²) in [6.07, 6.45) is 6.78. The molecule has 0 amide bonds. The van der Waals surface area contributed by atoms with Crippen LogP contribution in [0.5, 0.6) is 0 Å². The fraction of sp³-hybridized carbons (Fsp3) is 1.00. The lowest BCUT2D eigenvalue weighted by Crippen LogP contribution is -2.66. The first kappa shape index (κ1) is 17.3. The van der Waals surface area contributed by atoms with Crippen molar-refractivity contribution in [2.24, 2.45) is 22.7 Å². The predicted octanol–water partition coefficient (Wildman–Crippen LogP) is 2.90. The molecule has 2 spiro atoms. The normalized spacial score (nSPS) is 57.6. The summed E-state index contributed by atoms with van der Waals surface area (Å²) in [6.45, 7) is 8.46. The quantitative estimate of drug-likeness (QED) is 0.772. The zero-order chi connectivity index (χ0) is 17.2. The number of aliphatic hydroxyl groups excluding tert-OH is 2. The van der Waals surface area contributed by atoms with E-state index in [4.69, 9.17) is 9.47 Å². The third-order valence-corrected chi connectivity index (χ3v) is 8.67. The van der Waals surface area contributed by atoms with Gasteiger partial charge in [0.15, 0.2) is 0 Å². The molecule has 0 aromatic carbocycles. The molecule has 0 aromatic heterocycles. The Morgan fingerprint density at radius 3 is 2.50 bits per heavy atom. The molecule has 0 aromatic rings. The summed E-state index contributed by atoms with van der Waals surface area (Å²) < 4.78 is 12.7. The largest absolute Gasteiger partial charge is 0.396 e. The van der Waals surface area contributed by atoms with Crippen LogP contribution in [0.3, 0.4) is 0 Å². The molecular formula is C20H34O4. The molecule has 2 heterocycles. The van der Waals surface area contributed by atoms with E-state index in [2.05, 4.69) is 20.8 Å². The van der Waals surface area contributed by atoms with Gasteiger partial charge < -0.3 is 19.7 Å². The number of rotatable bonds is 1. The van der Waals surface area contributed by atoms with Gasteiger partial charge in [0.2, 0.25) is 0 Å². The van der Waals surface area contributed by atoms with E-state index >= 15 is 0 Å². The van der Waals surface area contributed by atoms with Crippen molar-refractivity contribution in [2.75, 3.05) is 19.8 Å². The monoisotopic (exact) mass is 338 g/mol. The SMILES string of the molecule is C[C@@H]1CCC2[C@](C)(CO)[C@@H](O)CC[C@]2(C)[C@@]12CC[C@@]1(CCOC1)O2. The average molecular weight is 338 g/mol. The van der Waals surface area contributed by atoms with E-state index < -0.39 is 11.5 Å². The molecule has 4 heteroatoms. The minimum absolute atomic E-state index is 0.0213. The number of hydrogen-bond donors (Lipinski definition) is 2. The number of aliphatic hydroxyl groups is 2. The minimum Gasteiger partial charge on any atom is -0.396 e. The lowest BCUT2D eigenvalue weighted by Gasteiger charge is -2.65. The Bertz CT molecular complexity index is 502. The average Bonchev–Trinajstić information content (AvgIpc) is 3.18. The van der Waals surface area contributed by atoms with Crippen LogP contribution in [0.2, 0.25) is 0 Å². The summed E-state index contributed by atoms with van der Waals surface area (Å²) in [6, 6.07) is 0. The molecule has 0 bridgehead atoms. The van der Waals surface area contributed by atoms with Gasteiger partial charge in [0.1, 0.15) is 0 Å². The van der Waals surface area contributed by atoms with Crippen LogP contribution in [-0.2, 0) is 9.47 Å². The second kappa shape index (κ2) is 5.42. The number of hydrogen-bond acceptors (Lipinski definition) is 4. The molecule has 2 saturated heterocycles. The Morgan fingerprint density at radius 1 is 1.04 bits per heavy atom. The maximum absolute atomic E-state index is 10.7. The van der Waals surface area contributed by atoms with Gasteiger partial charge in [-0.1, -0.05) is 20.8 Å². The highest BCUT2D eigenvalue weighted by molar-refractivity contribution is 5.17. The van der Waals surface area contributed by atoms with E-state index in [1.807, 2.05) is 0 Å². The molecule has 2 aliphatic heterocycles. The van der Waals surface area contributed by atoms with Gasteiger partial charge in [-0.05, 0) is 50.4 Å². The van der Waals surface area contributed by atoms with Crippen LogP contribution >= 0.6 is 0 Å². The third-order valence-electron chi connectivity index (χ3n) is 8.67. The van der Waals surface area contributed by atoms with Crippen molar-refractivity contribution in [1.29, 1.82) is 0 Å². The highest BCUT2D eigenvalue weighted by Crippen LogP contribution is 2.68. The van der Waals surface area contributed by atoms with Crippen LogP contribution in [-0.4, -0.2) is 47.3 Å². The van der Waals surface area contributed by atoms with Crippen molar-refractivity contribution in [3.05, 3.63) is 0 Å².